The quantitative estimate of drug-likeness (QED) is 0.468. The Morgan fingerprint density at radius 1 is 1.11 bits per heavy atom. The number of thiazole rings is 1. The van der Waals surface area contributed by atoms with Crippen LogP contribution in [0.1, 0.15) is 20.8 Å². The number of hydrogen-bond acceptors (Lipinski definition) is 6. The number of carbonyl (C=O) groups excluding carboxylic acids is 2. The molecule has 0 bridgehead atoms. The van der Waals surface area contributed by atoms with Crippen molar-refractivity contribution in [3.63, 3.8) is 0 Å². The van der Waals surface area contributed by atoms with Crippen molar-refractivity contribution in [3.8, 4) is 16.3 Å². The van der Waals surface area contributed by atoms with E-state index in [9.17, 15) is 18.4 Å². The van der Waals surface area contributed by atoms with E-state index >= 15 is 0 Å². The van der Waals surface area contributed by atoms with Gasteiger partial charge in [-0.1, -0.05) is 0 Å². The van der Waals surface area contributed by atoms with Crippen LogP contribution in [0.15, 0.2) is 47.8 Å². The number of hydrogen-bond donors (Lipinski definition) is 0. The highest BCUT2D eigenvalue weighted by Crippen LogP contribution is 2.26. The van der Waals surface area contributed by atoms with Gasteiger partial charge in [-0.2, -0.15) is 0 Å². The van der Waals surface area contributed by atoms with Gasteiger partial charge in [-0.25, -0.2) is 18.6 Å². The molecule has 0 amide bonds. The molecular weight excluding hydrogens is 376 g/mol. The molecule has 5 nitrogen and oxygen atoms in total. The van der Waals surface area contributed by atoms with E-state index in [1.807, 2.05) is 0 Å². The number of methoxy groups -OCH3 is 1. The van der Waals surface area contributed by atoms with Crippen LogP contribution >= 0.6 is 11.3 Å². The zero-order valence-electron chi connectivity index (χ0n) is 14.1. The minimum atomic E-state index is -0.882. The van der Waals surface area contributed by atoms with Crippen molar-refractivity contribution in [2.45, 2.75) is 0 Å². The minimum Gasteiger partial charge on any atom is -0.497 e. The summed E-state index contributed by atoms with van der Waals surface area (Å²) in [6.07, 6.45) is 0. The van der Waals surface area contributed by atoms with Crippen LogP contribution < -0.4 is 4.74 Å². The van der Waals surface area contributed by atoms with Crippen molar-refractivity contribution in [2.75, 3.05) is 13.7 Å². The van der Waals surface area contributed by atoms with Gasteiger partial charge in [0, 0.05) is 10.9 Å². The summed E-state index contributed by atoms with van der Waals surface area (Å²) in [6.45, 7) is -0.714. The topological polar surface area (TPSA) is 65.5 Å². The number of rotatable bonds is 6. The van der Waals surface area contributed by atoms with Crippen molar-refractivity contribution in [1.29, 1.82) is 0 Å². The number of ether oxygens (including phenoxy) is 2. The van der Waals surface area contributed by atoms with Crippen LogP contribution in [0.3, 0.4) is 0 Å². The highest BCUT2D eigenvalue weighted by molar-refractivity contribution is 7.13. The summed E-state index contributed by atoms with van der Waals surface area (Å²) >= 11 is 1.23. The monoisotopic (exact) mass is 389 g/mol. The summed E-state index contributed by atoms with van der Waals surface area (Å²) in [4.78, 5) is 28.2. The molecule has 0 saturated carbocycles. The predicted octanol–water partition coefficient (Wildman–Crippen LogP) is 4.14. The van der Waals surface area contributed by atoms with Crippen molar-refractivity contribution >= 4 is 23.1 Å². The molecule has 0 spiro atoms. The van der Waals surface area contributed by atoms with E-state index in [0.29, 0.717) is 10.8 Å². The van der Waals surface area contributed by atoms with Crippen LogP contribution in [0.5, 0.6) is 5.75 Å². The van der Waals surface area contributed by atoms with Crippen molar-refractivity contribution in [1.82, 2.24) is 4.98 Å². The lowest BCUT2D eigenvalue weighted by Gasteiger charge is -2.04. The van der Waals surface area contributed by atoms with Gasteiger partial charge in [-0.3, -0.25) is 4.79 Å². The Morgan fingerprint density at radius 2 is 1.85 bits per heavy atom. The highest BCUT2D eigenvalue weighted by atomic mass is 32.1. The maximum atomic E-state index is 13.6. The summed E-state index contributed by atoms with van der Waals surface area (Å²) in [5.41, 5.74) is 0.344. The second-order valence-corrected chi connectivity index (χ2v) is 6.25. The van der Waals surface area contributed by atoms with Crippen molar-refractivity contribution < 1.29 is 27.8 Å². The molecule has 1 aromatic heterocycles. The minimum absolute atomic E-state index is 0.0262. The molecule has 138 valence electrons. The number of Topliss-reactive ketones (excluding diaryl/α,β-unsaturated/α-hetero) is 1. The van der Waals surface area contributed by atoms with E-state index in [2.05, 4.69) is 4.98 Å². The summed E-state index contributed by atoms with van der Waals surface area (Å²) in [7, 11) is 1.56. The van der Waals surface area contributed by atoms with E-state index in [0.717, 1.165) is 23.8 Å². The second-order valence-electron chi connectivity index (χ2n) is 5.39. The van der Waals surface area contributed by atoms with Gasteiger partial charge in [-0.15, -0.1) is 11.3 Å². The summed E-state index contributed by atoms with van der Waals surface area (Å²) < 4.78 is 36.7. The SMILES string of the molecule is COc1ccc(-c2nc(C(=O)OCC(=O)c3cc(F)ccc3F)cs2)cc1. The third kappa shape index (κ3) is 4.35. The van der Waals surface area contributed by atoms with Gasteiger partial charge in [0.15, 0.2) is 12.3 Å². The summed E-state index contributed by atoms with van der Waals surface area (Å²) in [6, 6.07) is 9.62. The molecule has 3 rings (SSSR count). The maximum absolute atomic E-state index is 13.6. The third-order valence-corrected chi connectivity index (χ3v) is 4.50. The molecule has 0 unspecified atom stereocenters. The summed E-state index contributed by atoms with van der Waals surface area (Å²) in [5.74, 6) is -2.61. The molecule has 0 N–H and O–H groups in total. The van der Waals surface area contributed by atoms with Crippen LogP contribution in [0.25, 0.3) is 10.6 Å². The first-order chi connectivity index (χ1) is 13.0. The van der Waals surface area contributed by atoms with Gasteiger partial charge in [0.25, 0.3) is 0 Å². The van der Waals surface area contributed by atoms with Crippen molar-refractivity contribution in [3.05, 3.63) is 70.7 Å². The van der Waals surface area contributed by atoms with Crippen molar-refractivity contribution in [2.24, 2.45) is 0 Å². The fourth-order valence-corrected chi connectivity index (χ4v) is 3.02. The Kier molecular flexibility index (Phi) is 5.56. The second kappa shape index (κ2) is 8.05. The average Bonchev–Trinajstić information content (AvgIpc) is 3.18. The first-order valence-corrected chi connectivity index (χ1v) is 8.61. The van der Waals surface area contributed by atoms with Crippen LogP contribution in [-0.2, 0) is 4.74 Å². The standard InChI is InChI=1S/C19H13F2NO4S/c1-25-13-5-2-11(3-6-13)18-22-16(10-27-18)19(24)26-9-17(23)14-8-12(20)4-7-15(14)21/h2-8,10H,9H2,1H3. The first-order valence-electron chi connectivity index (χ1n) is 7.73. The molecule has 27 heavy (non-hydrogen) atoms. The molecule has 2 aromatic carbocycles. The van der Waals surface area contributed by atoms with E-state index in [1.165, 1.54) is 16.7 Å². The van der Waals surface area contributed by atoms with E-state index in [1.54, 1.807) is 31.4 Å². The zero-order valence-corrected chi connectivity index (χ0v) is 14.9. The van der Waals surface area contributed by atoms with Gasteiger partial charge in [-0.05, 0) is 42.5 Å². The smallest absolute Gasteiger partial charge is 0.358 e. The fraction of sp³-hybridized carbons (Fsp3) is 0.105. The molecule has 0 atom stereocenters. The normalized spacial score (nSPS) is 10.5. The molecule has 0 radical (unpaired) electrons. The average molecular weight is 389 g/mol. The lowest BCUT2D eigenvalue weighted by Crippen LogP contribution is -2.16. The van der Waals surface area contributed by atoms with Gasteiger partial charge < -0.3 is 9.47 Å². The number of halogens is 2. The molecule has 0 aliphatic rings. The number of esters is 1. The van der Waals surface area contributed by atoms with Crippen LogP contribution in [0, 0.1) is 11.6 Å². The molecular formula is C19H13F2NO4S. The van der Waals surface area contributed by atoms with E-state index in [4.69, 9.17) is 9.47 Å². The molecule has 1 heterocycles. The third-order valence-electron chi connectivity index (χ3n) is 3.61. The molecule has 0 fully saturated rings. The Hall–Kier alpha value is -3.13. The van der Waals surface area contributed by atoms with Gasteiger partial charge in [0.2, 0.25) is 5.78 Å². The number of ketones is 1. The van der Waals surface area contributed by atoms with Gasteiger partial charge in [0.05, 0.1) is 12.7 Å². The number of benzene rings is 2. The maximum Gasteiger partial charge on any atom is 0.358 e. The number of nitrogens with zero attached hydrogens (tertiary/aromatic N) is 1. The largest absolute Gasteiger partial charge is 0.497 e. The first kappa shape index (κ1) is 18.7. The molecule has 0 saturated heterocycles. The molecule has 0 aliphatic heterocycles. The lowest BCUT2D eigenvalue weighted by atomic mass is 10.1. The zero-order chi connectivity index (χ0) is 19.4. The molecule has 0 aliphatic carbocycles. The Bertz CT molecular complexity index is 986. The summed E-state index contributed by atoms with van der Waals surface area (Å²) in [5, 5.41) is 2.09. The Morgan fingerprint density at radius 3 is 2.56 bits per heavy atom. The van der Waals surface area contributed by atoms with Gasteiger partial charge in [0.1, 0.15) is 22.4 Å². The molecule has 3 aromatic rings. The molecule has 8 heteroatoms. The Labute approximate surface area is 157 Å². The highest BCUT2D eigenvalue weighted by Gasteiger charge is 2.18. The van der Waals surface area contributed by atoms with Crippen LogP contribution in [-0.4, -0.2) is 30.5 Å². The number of aromatic nitrogens is 1. The predicted molar refractivity (Wildman–Crippen MR) is 95.1 cm³/mol. The lowest BCUT2D eigenvalue weighted by molar-refractivity contribution is 0.0468. The van der Waals surface area contributed by atoms with Crippen LogP contribution in [0.2, 0.25) is 0 Å². The van der Waals surface area contributed by atoms with Crippen LogP contribution in [0.4, 0.5) is 8.78 Å². The van der Waals surface area contributed by atoms with E-state index < -0.39 is 35.6 Å². The Balaban J connectivity index is 1.65. The van der Waals surface area contributed by atoms with Gasteiger partial charge >= 0.3 is 5.97 Å². The fourth-order valence-electron chi connectivity index (χ4n) is 2.23. The number of carbonyl (C=O) groups is 2. The van der Waals surface area contributed by atoms with E-state index in [-0.39, 0.29) is 5.69 Å².